The molecule has 2 atom stereocenters. The fraction of sp³-hybridized carbons (Fsp3) is 0.529. The average Bonchev–Trinajstić information content (AvgIpc) is 2.98. The van der Waals surface area contributed by atoms with E-state index in [1.165, 1.54) is 6.33 Å². The number of aliphatic hydroxyl groups is 1. The van der Waals surface area contributed by atoms with Gasteiger partial charge >= 0.3 is 0 Å². The first-order valence-corrected chi connectivity index (χ1v) is 8.13. The van der Waals surface area contributed by atoms with E-state index in [2.05, 4.69) is 15.2 Å². The Labute approximate surface area is 142 Å². The molecule has 0 spiro atoms. The van der Waals surface area contributed by atoms with Crippen LogP contribution in [-0.4, -0.2) is 32.0 Å². The molecule has 0 aliphatic rings. The van der Waals surface area contributed by atoms with Crippen molar-refractivity contribution in [3.05, 3.63) is 41.4 Å². The third-order valence-corrected chi connectivity index (χ3v) is 4.45. The molecule has 0 amide bonds. The summed E-state index contributed by atoms with van der Waals surface area (Å²) in [6.07, 6.45) is 2.04. The highest BCUT2D eigenvalue weighted by molar-refractivity contribution is 6.30. The summed E-state index contributed by atoms with van der Waals surface area (Å²) >= 11 is 5.92. The normalized spacial score (nSPS) is 15.9. The Morgan fingerprint density at radius 1 is 1.26 bits per heavy atom. The van der Waals surface area contributed by atoms with Gasteiger partial charge in [0, 0.05) is 11.4 Å². The van der Waals surface area contributed by atoms with Gasteiger partial charge < -0.3 is 9.84 Å². The first kappa shape index (κ1) is 17.8. The van der Waals surface area contributed by atoms with Gasteiger partial charge in [0.15, 0.2) is 0 Å². The van der Waals surface area contributed by atoms with Crippen LogP contribution in [0.4, 0.5) is 0 Å². The number of H-pyrrole nitrogens is 1. The standard InChI is InChI=1S/C17H24ClN3O2/c1-5-14(23-13-8-6-12(18)7-9-13)17(22,16(2,3)4)10-15-19-11-20-21-15/h6-9,11,14,22H,5,10H2,1-4H3,(H,19,20,21). The van der Waals surface area contributed by atoms with Gasteiger partial charge in [0.05, 0.1) is 0 Å². The molecular formula is C17H24ClN3O2. The first-order valence-electron chi connectivity index (χ1n) is 7.75. The summed E-state index contributed by atoms with van der Waals surface area (Å²) in [5.41, 5.74) is -1.52. The van der Waals surface area contributed by atoms with Crippen LogP contribution in [0.3, 0.4) is 0 Å². The van der Waals surface area contributed by atoms with Crippen LogP contribution in [0.2, 0.25) is 5.02 Å². The lowest BCUT2D eigenvalue weighted by molar-refractivity contribution is -0.133. The van der Waals surface area contributed by atoms with E-state index in [0.717, 1.165) is 0 Å². The molecular weight excluding hydrogens is 314 g/mol. The lowest BCUT2D eigenvalue weighted by Gasteiger charge is -2.45. The maximum Gasteiger partial charge on any atom is 0.137 e. The molecule has 2 rings (SSSR count). The van der Waals surface area contributed by atoms with E-state index in [4.69, 9.17) is 16.3 Å². The topological polar surface area (TPSA) is 71.0 Å². The van der Waals surface area contributed by atoms with Crippen LogP contribution in [0.25, 0.3) is 0 Å². The second kappa shape index (κ2) is 6.89. The molecule has 0 aliphatic carbocycles. The van der Waals surface area contributed by atoms with E-state index in [1.54, 1.807) is 12.1 Å². The predicted molar refractivity (Wildman–Crippen MR) is 90.7 cm³/mol. The highest BCUT2D eigenvalue weighted by Gasteiger charge is 2.48. The van der Waals surface area contributed by atoms with Crippen LogP contribution < -0.4 is 4.74 Å². The molecule has 1 heterocycles. The maximum atomic E-state index is 11.5. The number of nitrogens with one attached hydrogen (secondary N) is 1. The molecule has 0 aliphatic heterocycles. The first-order chi connectivity index (χ1) is 10.8. The molecule has 0 radical (unpaired) electrons. The van der Waals surface area contributed by atoms with Crippen molar-refractivity contribution >= 4 is 11.6 Å². The van der Waals surface area contributed by atoms with Crippen molar-refractivity contribution in [2.24, 2.45) is 5.41 Å². The van der Waals surface area contributed by atoms with Crippen molar-refractivity contribution in [3.63, 3.8) is 0 Å². The molecule has 6 heteroatoms. The van der Waals surface area contributed by atoms with E-state index >= 15 is 0 Å². The smallest absolute Gasteiger partial charge is 0.137 e. The number of aromatic amines is 1. The number of nitrogens with zero attached hydrogens (tertiary/aromatic N) is 2. The maximum absolute atomic E-state index is 11.5. The van der Waals surface area contributed by atoms with Crippen LogP contribution in [0, 0.1) is 5.41 Å². The summed E-state index contributed by atoms with van der Waals surface area (Å²) in [4.78, 5) is 4.15. The summed E-state index contributed by atoms with van der Waals surface area (Å²) in [7, 11) is 0. The average molecular weight is 338 g/mol. The molecule has 1 aromatic carbocycles. The zero-order valence-electron chi connectivity index (χ0n) is 14.0. The minimum Gasteiger partial charge on any atom is -0.487 e. The van der Waals surface area contributed by atoms with E-state index in [9.17, 15) is 5.11 Å². The highest BCUT2D eigenvalue weighted by atomic mass is 35.5. The summed E-state index contributed by atoms with van der Waals surface area (Å²) < 4.78 is 6.09. The van der Waals surface area contributed by atoms with Crippen LogP contribution in [0.1, 0.15) is 39.9 Å². The highest BCUT2D eigenvalue weighted by Crippen LogP contribution is 2.38. The minimum atomic E-state index is -1.11. The number of hydrogen-bond donors (Lipinski definition) is 2. The third kappa shape index (κ3) is 4.03. The van der Waals surface area contributed by atoms with Gasteiger partial charge in [-0.3, -0.25) is 5.10 Å². The quantitative estimate of drug-likeness (QED) is 0.844. The second-order valence-corrected chi connectivity index (χ2v) is 7.19. The molecule has 1 aromatic heterocycles. The van der Waals surface area contributed by atoms with Gasteiger partial charge in [-0.05, 0) is 36.1 Å². The van der Waals surface area contributed by atoms with E-state index in [1.807, 2.05) is 39.8 Å². The van der Waals surface area contributed by atoms with E-state index in [-0.39, 0.29) is 0 Å². The fourth-order valence-corrected chi connectivity index (χ4v) is 2.76. The Bertz CT molecular complexity index is 608. The number of aromatic nitrogens is 3. The zero-order valence-corrected chi connectivity index (χ0v) is 14.8. The number of hydrogen-bond acceptors (Lipinski definition) is 4. The minimum absolute atomic E-state index is 0.336. The van der Waals surface area contributed by atoms with E-state index < -0.39 is 17.1 Å². The van der Waals surface area contributed by atoms with E-state index in [0.29, 0.717) is 29.4 Å². The molecule has 2 aromatic rings. The predicted octanol–water partition coefficient (Wildman–Crippen LogP) is 3.64. The van der Waals surface area contributed by atoms with Gasteiger partial charge in [-0.1, -0.05) is 39.3 Å². The fourth-order valence-electron chi connectivity index (χ4n) is 2.63. The summed E-state index contributed by atoms with van der Waals surface area (Å²) in [5.74, 6) is 1.32. The number of halogens is 1. The van der Waals surface area contributed by atoms with Crippen LogP contribution in [0.15, 0.2) is 30.6 Å². The van der Waals surface area contributed by atoms with Gasteiger partial charge in [0.1, 0.15) is 29.6 Å². The third-order valence-electron chi connectivity index (χ3n) is 4.20. The van der Waals surface area contributed by atoms with Gasteiger partial charge in [0.25, 0.3) is 0 Å². The van der Waals surface area contributed by atoms with Gasteiger partial charge in [0.2, 0.25) is 0 Å². The Kier molecular flexibility index (Phi) is 5.32. The lowest BCUT2D eigenvalue weighted by Crippen LogP contribution is -2.56. The Morgan fingerprint density at radius 2 is 1.91 bits per heavy atom. The SMILES string of the molecule is CCC(Oc1ccc(Cl)cc1)C(O)(Cc1ncn[nH]1)C(C)(C)C. The molecule has 0 bridgehead atoms. The Hall–Kier alpha value is -1.59. The Balaban J connectivity index is 2.29. The Morgan fingerprint density at radius 3 is 2.39 bits per heavy atom. The molecule has 0 fully saturated rings. The van der Waals surface area contributed by atoms with Crippen molar-refractivity contribution in [2.45, 2.75) is 52.2 Å². The monoisotopic (exact) mass is 337 g/mol. The van der Waals surface area contributed by atoms with Crippen molar-refractivity contribution in [2.75, 3.05) is 0 Å². The van der Waals surface area contributed by atoms with Crippen molar-refractivity contribution < 1.29 is 9.84 Å². The molecule has 2 unspecified atom stereocenters. The van der Waals surface area contributed by atoms with Crippen LogP contribution in [-0.2, 0) is 6.42 Å². The number of rotatable bonds is 6. The van der Waals surface area contributed by atoms with Crippen LogP contribution >= 0.6 is 11.6 Å². The van der Waals surface area contributed by atoms with Crippen molar-refractivity contribution in [1.82, 2.24) is 15.2 Å². The van der Waals surface area contributed by atoms with Crippen LogP contribution in [0.5, 0.6) is 5.75 Å². The molecule has 0 saturated heterocycles. The van der Waals surface area contributed by atoms with Gasteiger partial charge in [-0.25, -0.2) is 4.98 Å². The summed E-state index contributed by atoms with van der Waals surface area (Å²) in [6, 6.07) is 7.16. The zero-order chi connectivity index (χ0) is 17.1. The summed E-state index contributed by atoms with van der Waals surface area (Å²) in [5, 5.41) is 18.8. The number of benzene rings is 1. The van der Waals surface area contributed by atoms with Crippen molar-refractivity contribution in [3.8, 4) is 5.75 Å². The van der Waals surface area contributed by atoms with Crippen molar-refractivity contribution in [1.29, 1.82) is 0 Å². The molecule has 2 N–H and O–H groups in total. The molecule has 5 nitrogen and oxygen atoms in total. The molecule has 0 saturated carbocycles. The largest absolute Gasteiger partial charge is 0.487 e. The molecule has 23 heavy (non-hydrogen) atoms. The van der Waals surface area contributed by atoms with Gasteiger partial charge in [-0.2, -0.15) is 5.10 Å². The summed E-state index contributed by atoms with van der Waals surface area (Å²) in [6.45, 7) is 7.99. The lowest BCUT2D eigenvalue weighted by atomic mass is 9.70. The molecule has 126 valence electrons. The van der Waals surface area contributed by atoms with Gasteiger partial charge in [-0.15, -0.1) is 0 Å². The second-order valence-electron chi connectivity index (χ2n) is 6.75. The number of ether oxygens (including phenoxy) is 1.